The Hall–Kier alpha value is -4.27. The minimum Gasteiger partial charge on any atom is -0.507 e. The molecule has 3 aromatic rings. The molecule has 1 aliphatic rings. The number of Topliss-reactive ketones (excluding diaryl/α,β-unsaturated/α-hetero) is 1. The molecule has 0 spiro atoms. The van der Waals surface area contributed by atoms with E-state index in [9.17, 15) is 29.2 Å². The quantitative estimate of drug-likeness (QED) is 0.219. The minimum absolute atomic E-state index is 0.000219. The molecule has 1 aromatic heterocycles. The van der Waals surface area contributed by atoms with Crippen LogP contribution in [0.1, 0.15) is 22.9 Å². The van der Waals surface area contributed by atoms with Gasteiger partial charge in [-0.15, -0.1) is 0 Å². The number of amides is 1. The predicted molar refractivity (Wildman–Crippen MR) is 106 cm³/mol. The number of nitrogens with zero attached hydrogens (tertiary/aromatic N) is 2. The van der Waals surface area contributed by atoms with Gasteiger partial charge in [0.2, 0.25) is 0 Å². The molecule has 0 saturated carbocycles. The molecule has 0 aliphatic carbocycles. The number of ketones is 1. The van der Waals surface area contributed by atoms with E-state index in [0.717, 1.165) is 11.0 Å². The number of benzene rings is 2. The Bertz CT molecular complexity index is 1220. The summed E-state index contributed by atoms with van der Waals surface area (Å²) in [4.78, 5) is 37.2. The van der Waals surface area contributed by atoms with E-state index in [1.807, 2.05) is 0 Å². The van der Waals surface area contributed by atoms with Crippen molar-refractivity contribution in [2.75, 3.05) is 0 Å². The van der Waals surface area contributed by atoms with Gasteiger partial charge in [0.25, 0.3) is 17.4 Å². The van der Waals surface area contributed by atoms with Crippen molar-refractivity contribution in [1.82, 2.24) is 4.90 Å². The Kier molecular flexibility index (Phi) is 5.08. The third kappa shape index (κ3) is 3.57. The standard InChI is InChI=1S/C22H15FN2O6/c23-17-9-2-1-8-16(17)19-18(20(26)13-5-3-6-14(11-13)25(29)30)21(27)22(28)24(19)12-15-7-4-10-31-15/h1-11,19,26H,12H2/b20-18+/t19-/m1/s1. The maximum absolute atomic E-state index is 14.7. The van der Waals surface area contributed by atoms with Gasteiger partial charge in [0.15, 0.2) is 0 Å². The van der Waals surface area contributed by atoms with Crippen LogP contribution in [0.15, 0.2) is 76.9 Å². The van der Waals surface area contributed by atoms with Gasteiger partial charge in [-0.3, -0.25) is 19.7 Å². The number of rotatable bonds is 5. The highest BCUT2D eigenvalue weighted by Crippen LogP contribution is 2.41. The van der Waals surface area contributed by atoms with Gasteiger partial charge >= 0.3 is 0 Å². The number of hydrogen-bond donors (Lipinski definition) is 1. The molecule has 0 bridgehead atoms. The van der Waals surface area contributed by atoms with E-state index in [1.165, 1.54) is 42.7 Å². The molecule has 2 heterocycles. The zero-order valence-corrected chi connectivity index (χ0v) is 15.9. The molecule has 156 valence electrons. The molecule has 4 rings (SSSR count). The van der Waals surface area contributed by atoms with Gasteiger partial charge in [0, 0.05) is 23.3 Å². The topological polar surface area (TPSA) is 114 Å². The van der Waals surface area contributed by atoms with Gasteiger partial charge in [-0.1, -0.05) is 30.3 Å². The largest absolute Gasteiger partial charge is 0.507 e. The lowest BCUT2D eigenvalue weighted by Gasteiger charge is -2.24. The van der Waals surface area contributed by atoms with Crippen molar-refractivity contribution in [2.45, 2.75) is 12.6 Å². The first kappa shape index (κ1) is 20.0. The number of nitro groups is 1. The van der Waals surface area contributed by atoms with Gasteiger partial charge in [0.1, 0.15) is 17.3 Å². The third-order valence-electron chi connectivity index (χ3n) is 4.98. The molecule has 1 aliphatic heterocycles. The van der Waals surface area contributed by atoms with Gasteiger partial charge in [0.05, 0.1) is 29.3 Å². The van der Waals surface area contributed by atoms with Crippen molar-refractivity contribution in [3.8, 4) is 0 Å². The van der Waals surface area contributed by atoms with E-state index >= 15 is 0 Å². The highest BCUT2D eigenvalue weighted by molar-refractivity contribution is 6.46. The molecular weight excluding hydrogens is 407 g/mol. The summed E-state index contributed by atoms with van der Waals surface area (Å²) in [6.07, 6.45) is 1.40. The normalized spacial score (nSPS) is 17.8. The fourth-order valence-corrected chi connectivity index (χ4v) is 3.56. The molecule has 1 amide bonds. The summed E-state index contributed by atoms with van der Waals surface area (Å²) in [5.41, 5.74) is -0.703. The lowest BCUT2D eigenvalue weighted by Crippen LogP contribution is -2.29. The van der Waals surface area contributed by atoms with E-state index in [0.29, 0.717) is 5.76 Å². The zero-order valence-electron chi connectivity index (χ0n) is 15.9. The fourth-order valence-electron chi connectivity index (χ4n) is 3.56. The number of likely N-dealkylation sites (tertiary alicyclic amines) is 1. The van der Waals surface area contributed by atoms with Crippen molar-refractivity contribution in [3.05, 3.63) is 105 Å². The molecular formula is C22H15FN2O6. The number of aliphatic hydroxyl groups is 1. The van der Waals surface area contributed by atoms with Crippen LogP contribution in [0.5, 0.6) is 0 Å². The first-order chi connectivity index (χ1) is 14.9. The summed E-state index contributed by atoms with van der Waals surface area (Å²) >= 11 is 0. The average molecular weight is 422 g/mol. The van der Waals surface area contributed by atoms with E-state index in [2.05, 4.69) is 0 Å². The molecule has 31 heavy (non-hydrogen) atoms. The third-order valence-corrected chi connectivity index (χ3v) is 4.98. The smallest absolute Gasteiger partial charge is 0.296 e. The van der Waals surface area contributed by atoms with Gasteiger partial charge in [-0.25, -0.2) is 4.39 Å². The molecule has 1 fully saturated rings. The van der Waals surface area contributed by atoms with Crippen molar-refractivity contribution in [2.24, 2.45) is 0 Å². The molecule has 1 atom stereocenters. The van der Waals surface area contributed by atoms with E-state index in [1.54, 1.807) is 18.2 Å². The van der Waals surface area contributed by atoms with Crippen LogP contribution in [0.2, 0.25) is 0 Å². The zero-order chi connectivity index (χ0) is 22.1. The Balaban J connectivity index is 1.90. The molecule has 8 nitrogen and oxygen atoms in total. The second-order valence-electron chi connectivity index (χ2n) is 6.84. The molecule has 0 unspecified atom stereocenters. The number of carbonyl (C=O) groups is 2. The van der Waals surface area contributed by atoms with Crippen LogP contribution in [-0.4, -0.2) is 26.6 Å². The van der Waals surface area contributed by atoms with Crippen molar-refractivity contribution in [3.63, 3.8) is 0 Å². The number of hydrogen-bond acceptors (Lipinski definition) is 6. The predicted octanol–water partition coefficient (Wildman–Crippen LogP) is 3.95. The van der Waals surface area contributed by atoms with Gasteiger partial charge < -0.3 is 14.4 Å². The number of aliphatic hydroxyl groups excluding tert-OH is 1. The number of halogens is 1. The molecule has 1 N–H and O–H groups in total. The lowest BCUT2D eigenvalue weighted by molar-refractivity contribution is -0.384. The maximum Gasteiger partial charge on any atom is 0.296 e. The maximum atomic E-state index is 14.7. The van der Waals surface area contributed by atoms with E-state index in [4.69, 9.17) is 4.42 Å². The van der Waals surface area contributed by atoms with E-state index < -0.39 is 34.2 Å². The highest BCUT2D eigenvalue weighted by Gasteiger charge is 2.47. The van der Waals surface area contributed by atoms with Crippen LogP contribution in [0.3, 0.4) is 0 Å². The SMILES string of the molecule is O=C1C(=O)N(Cc2ccco2)[C@H](c2ccccc2F)/C1=C(\O)c1cccc([N+](=O)[O-])c1. The Morgan fingerprint density at radius 3 is 2.58 bits per heavy atom. The first-order valence-corrected chi connectivity index (χ1v) is 9.18. The summed E-state index contributed by atoms with van der Waals surface area (Å²) in [5, 5.41) is 22.0. The Labute approximate surface area is 175 Å². The minimum atomic E-state index is -1.24. The van der Waals surface area contributed by atoms with Crippen LogP contribution in [-0.2, 0) is 16.1 Å². The molecule has 2 aromatic carbocycles. The van der Waals surface area contributed by atoms with Crippen LogP contribution in [0.4, 0.5) is 10.1 Å². The van der Waals surface area contributed by atoms with Crippen LogP contribution >= 0.6 is 0 Å². The van der Waals surface area contributed by atoms with Crippen LogP contribution in [0, 0.1) is 15.9 Å². The molecule has 0 radical (unpaired) electrons. The summed E-state index contributed by atoms with van der Waals surface area (Å²) in [5.74, 6) is -2.92. The molecule has 9 heteroatoms. The summed E-state index contributed by atoms with van der Waals surface area (Å²) in [6.45, 7) is -0.137. The van der Waals surface area contributed by atoms with Crippen molar-refractivity contribution >= 4 is 23.1 Å². The number of furan rings is 1. The van der Waals surface area contributed by atoms with Crippen LogP contribution in [0.25, 0.3) is 5.76 Å². The highest BCUT2D eigenvalue weighted by atomic mass is 19.1. The van der Waals surface area contributed by atoms with Crippen molar-refractivity contribution in [1.29, 1.82) is 0 Å². The number of carbonyl (C=O) groups excluding carboxylic acids is 2. The van der Waals surface area contributed by atoms with Gasteiger partial charge in [-0.05, 0) is 18.2 Å². The van der Waals surface area contributed by atoms with Crippen molar-refractivity contribution < 1.29 is 28.4 Å². The monoisotopic (exact) mass is 422 g/mol. The lowest BCUT2D eigenvalue weighted by atomic mass is 9.94. The first-order valence-electron chi connectivity index (χ1n) is 9.18. The summed E-state index contributed by atoms with van der Waals surface area (Å²) in [7, 11) is 0. The van der Waals surface area contributed by atoms with E-state index in [-0.39, 0.29) is 28.9 Å². The number of non-ortho nitro benzene ring substituents is 1. The Morgan fingerprint density at radius 1 is 1.13 bits per heavy atom. The van der Waals surface area contributed by atoms with Crippen LogP contribution < -0.4 is 0 Å². The second-order valence-corrected chi connectivity index (χ2v) is 6.84. The average Bonchev–Trinajstić information content (AvgIpc) is 3.36. The number of nitro benzene ring substituents is 1. The Morgan fingerprint density at radius 2 is 1.90 bits per heavy atom. The van der Waals surface area contributed by atoms with Gasteiger partial charge in [-0.2, -0.15) is 0 Å². The summed E-state index contributed by atoms with van der Waals surface area (Å²) < 4.78 is 20.0. The molecule has 1 saturated heterocycles. The summed E-state index contributed by atoms with van der Waals surface area (Å²) in [6, 6.07) is 12.5. The fraction of sp³-hybridized carbons (Fsp3) is 0.0909. The second kappa shape index (κ2) is 7.86.